The number of nitrogens with zero attached hydrogens (tertiary/aromatic N) is 1. The number of Topliss-reactive ketones (excluding diaryl/α,β-unsaturated/α-hetero) is 1. The predicted molar refractivity (Wildman–Crippen MR) is 149 cm³/mol. The van der Waals surface area contributed by atoms with Crippen molar-refractivity contribution >= 4 is 23.6 Å². The van der Waals surface area contributed by atoms with Crippen LogP contribution in [0.15, 0.2) is 29.0 Å². The number of ether oxygens (including phenoxy) is 1. The molecule has 9 heteroatoms. The zero-order valence-electron chi connectivity index (χ0n) is 23.4. The Morgan fingerprint density at radius 1 is 1.08 bits per heavy atom. The zero-order chi connectivity index (χ0) is 28.1. The minimum Gasteiger partial charge on any atom is -0.511 e. The number of carboxylic acid groups (broad SMARTS) is 1. The molecule has 2 fully saturated rings. The number of aliphatic hydroxyl groups excluding tert-OH is 1. The molecule has 0 heterocycles. The van der Waals surface area contributed by atoms with Gasteiger partial charge in [0.2, 0.25) is 0 Å². The van der Waals surface area contributed by atoms with E-state index in [-0.39, 0.29) is 47.8 Å². The fraction of sp³-hybridized carbons (Fsp3) is 0.724. The summed E-state index contributed by atoms with van der Waals surface area (Å²) in [6.07, 6.45) is 15.7. The molecule has 0 aromatic carbocycles. The van der Waals surface area contributed by atoms with Gasteiger partial charge in [0.15, 0.2) is 11.8 Å². The molecule has 3 aliphatic carbocycles. The van der Waals surface area contributed by atoms with Gasteiger partial charge in [0.1, 0.15) is 12.4 Å². The Labute approximate surface area is 227 Å². The molecule has 1 atom stereocenters. The molecule has 3 aliphatic rings. The van der Waals surface area contributed by atoms with E-state index < -0.39 is 18.1 Å². The van der Waals surface area contributed by atoms with Gasteiger partial charge in [0.05, 0.1) is 12.1 Å². The maximum atomic E-state index is 12.3. The molecule has 214 valence electrons. The summed E-state index contributed by atoms with van der Waals surface area (Å²) in [5.41, 5.74) is -0.167. The van der Waals surface area contributed by atoms with Gasteiger partial charge in [-0.05, 0) is 38.0 Å². The van der Waals surface area contributed by atoms with E-state index in [1.807, 2.05) is 13.8 Å². The van der Waals surface area contributed by atoms with Crippen LogP contribution in [0.5, 0.6) is 0 Å². The first-order valence-corrected chi connectivity index (χ1v) is 14.0. The van der Waals surface area contributed by atoms with E-state index in [1.54, 1.807) is 0 Å². The van der Waals surface area contributed by atoms with Gasteiger partial charge in [0, 0.05) is 30.6 Å². The smallest absolute Gasteiger partial charge is 0.407 e. The lowest BCUT2D eigenvalue weighted by molar-refractivity contribution is -0.138. The molecule has 0 saturated heterocycles. The fourth-order valence-electron chi connectivity index (χ4n) is 5.42. The second kappa shape index (κ2) is 15.7. The summed E-state index contributed by atoms with van der Waals surface area (Å²) in [6.45, 7) is 8.27. The van der Waals surface area contributed by atoms with Crippen molar-refractivity contribution in [3.63, 3.8) is 0 Å². The molecule has 0 aromatic heterocycles. The first-order chi connectivity index (χ1) is 18.0. The molecule has 9 nitrogen and oxygen atoms in total. The van der Waals surface area contributed by atoms with Crippen molar-refractivity contribution in [2.45, 2.75) is 116 Å². The van der Waals surface area contributed by atoms with Crippen LogP contribution in [0.4, 0.5) is 4.79 Å². The van der Waals surface area contributed by atoms with Crippen LogP contribution in [0.2, 0.25) is 0 Å². The van der Waals surface area contributed by atoms with Crippen molar-refractivity contribution in [2.75, 3.05) is 13.2 Å². The highest BCUT2D eigenvalue weighted by Crippen LogP contribution is 2.36. The van der Waals surface area contributed by atoms with Gasteiger partial charge in [-0.25, -0.2) is 9.59 Å². The number of allylic oxidation sites excluding steroid dienone is 2. The number of aliphatic hydroxyl groups is 1. The molecule has 38 heavy (non-hydrogen) atoms. The van der Waals surface area contributed by atoms with Gasteiger partial charge in [-0.15, -0.1) is 0 Å². The molecule has 0 radical (unpaired) electrons. The quantitative estimate of drug-likeness (QED) is 0.234. The predicted octanol–water partition coefficient (Wildman–Crippen LogP) is 5.26. The Bertz CT molecular complexity index is 867. The third-order valence-corrected chi connectivity index (χ3v) is 7.30. The number of hydrogen-bond donors (Lipinski definition) is 4. The third kappa shape index (κ3) is 11.0. The number of carbonyl (C=O) groups excluding carboxylic acids is 2. The van der Waals surface area contributed by atoms with Crippen molar-refractivity contribution in [1.82, 2.24) is 10.6 Å². The Morgan fingerprint density at radius 2 is 1.63 bits per heavy atom. The highest BCUT2D eigenvalue weighted by atomic mass is 16.5. The lowest BCUT2D eigenvalue weighted by Gasteiger charge is -2.30. The van der Waals surface area contributed by atoms with Crippen molar-refractivity contribution < 1.29 is 29.3 Å². The summed E-state index contributed by atoms with van der Waals surface area (Å²) in [5.74, 6) is -1.64. The number of hydrogen-bond acceptors (Lipinski definition) is 7. The summed E-state index contributed by atoms with van der Waals surface area (Å²) in [7, 11) is 0. The first-order valence-electron chi connectivity index (χ1n) is 14.0. The van der Waals surface area contributed by atoms with Crippen molar-refractivity contribution in [3.8, 4) is 0 Å². The van der Waals surface area contributed by atoms with Crippen LogP contribution in [0.3, 0.4) is 0 Å². The molecule has 2 saturated carbocycles. The molecule has 0 spiro atoms. The van der Waals surface area contributed by atoms with Crippen LogP contribution < -0.4 is 10.6 Å². The highest BCUT2D eigenvalue weighted by Gasteiger charge is 2.34. The number of amides is 1. The summed E-state index contributed by atoms with van der Waals surface area (Å²) in [5, 5.41) is 25.5. The Balaban J connectivity index is 0.000000323. The molecule has 4 N–H and O–H groups in total. The molecule has 0 aliphatic heterocycles. The van der Waals surface area contributed by atoms with Gasteiger partial charge in [-0.2, -0.15) is 0 Å². The van der Waals surface area contributed by atoms with Crippen molar-refractivity contribution in [1.29, 1.82) is 0 Å². The maximum Gasteiger partial charge on any atom is 0.407 e. The largest absolute Gasteiger partial charge is 0.511 e. The van der Waals surface area contributed by atoms with E-state index in [9.17, 15) is 24.6 Å². The molecule has 1 unspecified atom stereocenters. The van der Waals surface area contributed by atoms with Crippen LogP contribution in [0.1, 0.15) is 97.8 Å². The van der Waals surface area contributed by atoms with E-state index in [4.69, 9.17) is 0 Å². The fourth-order valence-corrected chi connectivity index (χ4v) is 5.42. The number of nitrogens with one attached hydrogen (secondary N) is 2. The maximum absolute atomic E-state index is 12.3. The molecule has 3 rings (SSSR count). The van der Waals surface area contributed by atoms with Gasteiger partial charge < -0.3 is 25.6 Å². The Morgan fingerprint density at radius 3 is 2.11 bits per heavy atom. The molecule has 0 aromatic rings. The standard InChI is InChI=1S/C17H24N2O6.C12H23N/c1-5-6-25-16(24)18-9-11(15(22)23)19-10(2)14-12(20)7-17(3,4)8-13(14)21;1-3-7-11(8-4-1)13-12-9-5-2-6-10-12/h5,11,20H,1,6-9H2,2-4H3,(H,18,24)(H,22,23);11-13H,1-10H2. The minimum atomic E-state index is -1.31. The van der Waals surface area contributed by atoms with Gasteiger partial charge in [0.25, 0.3) is 0 Å². The highest BCUT2D eigenvalue weighted by molar-refractivity contribution is 6.22. The average Bonchev–Trinajstić information content (AvgIpc) is 2.85. The summed E-state index contributed by atoms with van der Waals surface area (Å²) in [4.78, 5) is 38.9. The molecular weight excluding hydrogens is 486 g/mol. The van der Waals surface area contributed by atoms with Crippen LogP contribution in [0.25, 0.3) is 0 Å². The number of carboxylic acids is 1. The Hall–Kier alpha value is -2.68. The van der Waals surface area contributed by atoms with Crippen LogP contribution in [0, 0.1) is 5.41 Å². The van der Waals surface area contributed by atoms with Crippen LogP contribution in [-0.4, -0.2) is 65.0 Å². The van der Waals surface area contributed by atoms with Gasteiger partial charge in [-0.1, -0.05) is 65.0 Å². The summed E-state index contributed by atoms with van der Waals surface area (Å²) < 4.78 is 4.69. The number of aliphatic carboxylic acids is 1. The monoisotopic (exact) mass is 533 g/mol. The zero-order valence-corrected chi connectivity index (χ0v) is 23.4. The normalized spacial score (nSPS) is 21.7. The summed E-state index contributed by atoms with van der Waals surface area (Å²) >= 11 is 0. The number of carbonyl (C=O) groups is 3. The first kappa shape index (κ1) is 31.5. The van der Waals surface area contributed by atoms with Gasteiger partial charge >= 0.3 is 12.1 Å². The second-order valence-electron chi connectivity index (χ2n) is 11.4. The average molecular weight is 534 g/mol. The molecule has 0 bridgehead atoms. The lowest BCUT2D eigenvalue weighted by atomic mass is 9.76. The summed E-state index contributed by atoms with van der Waals surface area (Å²) in [6, 6.07) is 0.438. The SMILES string of the molecule is C1CCC(NC2CCCCC2)CC1.C=CCOC(=O)NCC(N=C(C)C1=C(O)CC(C)(C)CC1=O)C(=O)O. The number of aliphatic imine (C=N–C) groups is 1. The number of ketones is 1. The van der Waals surface area contributed by atoms with Crippen LogP contribution in [-0.2, 0) is 14.3 Å². The number of rotatable bonds is 9. The second-order valence-corrected chi connectivity index (χ2v) is 11.4. The number of alkyl carbamates (subject to hydrolysis) is 1. The van der Waals surface area contributed by atoms with E-state index in [0.29, 0.717) is 6.42 Å². The minimum absolute atomic E-state index is 0.00306. The Kier molecular flexibility index (Phi) is 13.0. The molecular formula is C29H47N3O6. The topological polar surface area (TPSA) is 137 Å². The van der Waals surface area contributed by atoms with Gasteiger partial charge in [-0.3, -0.25) is 9.79 Å². The van der Waals surface area contributed by atoms with E-state index >= 15 is 0 Å². The molecule has 1 amide bonds. The van der Waals surface area contributed by atoms with E-state index in [2.05, 4.69) is 26.9 Å². The lowest BCUT2D eigenvalue weighted by Crippen LogP contribution is -2.40. The van der Waals surface area contributed by atoms with Crippen molar-refractivity contribution in [3.05, 3.63) is 24.0 Å². The van der Waals surface area contributed by atoms with Crippen molar-refractivity contribution in [2.24, 2.45) is 10.4 Å². The van der Waals surface area contributed by atoms with E-state index in [1.165, 1.54) is 77.2 Å². The van der Waals surface area contributed by atoms with Crippen LogP contribution >= 0.6 is 0 Å². The van der Waals surface area contributed by atoms with E-state index in [0.717, 1.165) is 12.1 Å². The third-order valence-electron chi connectivity index (χ3n) is 7.30.